The van der Waals surface area contributed by atoms with Crippen molar-refractivity contribution in [3.05, 3.63) is 95.6 Å². The van der Waals surface area contributed by atoms with Crippen molar-refractivity contribution in [3.8, 4) is 0 Å². The topological polar surface area (TPSA) is 0 Å². The van der Waals surface area contributed by atoms with E-state index in [-0.39, 0.29) is 51.0 Å². The Morgan fingerprint density at radius 3 is 1.55 bits per heavy atom. The number of hydrogen-bond acceptors (Lipinski definition) is 0. The van der Waals surface area contributed by atoms with Crippen molar-refractivity contribution < 1.29 is 51.0 Å². The van der Waals surface area contributed by atoms with E-state index in [2.05, 4.69) is 113 Å². The molecule has 0 saturated heterocycles. The van der Waals surface area contributed by atoms with E-state index in [0.29, 0.717) is 0 Å². The molecule has 0 aromatic heterocycles. The number of halogens is 2. The molecule has 0 atom stereocenters. The first-order chi connectivity index (χ1) is 13.5. The van der Waals surface area contributed by atoms with Crippen molar-refractivity contribution in [1.82, 2.24) is 0 Å². The van der Waals surface area contributed by atoms with Crippen LogP contribution in [0.1, 0.15) is 16.7 Å². The minimum Gasteiger partial charge on any atom is -1.00 e. The Hall–Kier alpha value is -1.18. The van der Waals surface area contributed by atoms with Crippen LogP contribution in [0, 0.1) is 20.8 Å². The van der Waals surface area contributed by atoms with Crippen LogP contribution in [0.5, 0.6) is 0 Å². The van der Waals surface area contributed by atoms with Gasteiger partial charge < -0.3 is 24.8 Å². The summed E-state index contributed by atoms with van der Waals surface area (Å²) >= 11 is 0. The molecule has 158 valence electrons. The fourth-order valence-electron chi connectivity index (χ4n) is 3.64. The second kappa shape index (κ2) is 14.1. The Balaban J connectivity index is 0.000000477. The second-order valence-electron chi connectivity index (χ2n) is 7.38. The maximum atomic E-state index is 2.26. The monoisotopic (exact) mass is 540 g/mol. The van der Waals surface area contributed by atoms with E-state index in [1.807, 2.05) is 0 Å². The Labute approximate surface area is 220 Å². The molecule has 0 saturated carbocycles. The normalized spacial score (nSPS) is 9.45. The van der Waals surface area contributed by atoms with Gasteiger partial charge in [-0.3, -0.25) is 0 Å². The maximum absolute atomic E-state index is 2.26. The average molecular weight is 543 g/mol. The zero-order valence-corrected chi connectivity index (χ0v) is 23.7. The molecule has 0 bridgehead atoms. The molecule has 5 aromatic rings. The molecule has 0 spiro atoms. The molecular formula is C27H28Cl2SiZr. The average Bonchev–Trinajstić information content (AvgIpc) is 3.27. The van der Waals surface area contributed by atoms with Crippen LogP contribution in [-0.2, 0) is 26.2 Å². The Morgan fingerprint density at radius 2 is 1.06 bits per heavy atom. The van der Waals surface area contributed by atoms with Gasteiger partial charge in [-0.25, -0.2) is 0 Å². The number of hydrogen-bond donors (Lipinski definition) is 0. The Bertz CT molecular complexity index is 1110. The predicted molar refractivity (Wildman–Crippen MR) is 128 cm³/mol. The van der Waals surface area contributed by atoms with Gasteiger partial charge in [0.2, 0.25) is 0 Å². The van der Waals surface area contributed by atoms with Crippen LogP contribution in [0.3, 0.4) is 0 Å². The van der Waals surface area contributed by atoms with E-state index in [0.717, 1.165) is 9.52 Å². The fourth-order valence-corrected chi connectivity index (χ4v) is 3.64. The largest absolute Gasteiger partial charge is 4.00 e. The molecule has 5 rings (SSSR count). The van der Waals surface area contributed by atoms with Gasteiger partial charge in [-0.05, 0) is 6.92 Å². The Morgan fingerprint density at radius 1 is 0.613 bits per heavy atom. The Kier molecular flexibility index (Phi) is 13.5. The number of benzene rings is 3. The van der Waals surface area contributed by atoms with E-state index in [4.69, 9.17) is 0 Å². The zero-order chi connectivity index (χ0) is 20.1. The van der Waals surface area contributed by atoms with Gasteiger partial charge in [-0.15, -0.1) is 73.8 Å². The predicted octanol–water partition coefficient (Wildman–Crippen LogP) is 1.99. The third-order valence-corrected chi connectivity index (χ3v) is 4.99. The van der Waals surface area contributed by atoms with Crippen molar-refractivity contribution in [2.45, 2.75) is 33.9 Å². The van der Waals surface area contributed by atoms with Crippen molar-refractivity contribution in [2.24, 2.45) is 0 Å². The van der Waals surface area contributed by atoms with Gasteiger partial charge in [0.15, 0.2) is 0 Å². The van der Waals surface area contributed by atoms with Crippen LogP contribution in [-0.4, -0.2) is 9.52 Å². The zero-order valence-electron chi connectivity index (χ0n) is 18.8. The van der Waals surface area contributed by atoms with Crippen LogP contribution in [0.2, 0.25) is 13.1 Å². The summed E-state index contributed by atoms with van der Waals surface area (Å²) in [4.78, 5) is 0. The third kappa shape index (κ3) is 7.16. The summed E-state index contributed by atoms with van der Waals surface area (Å²) in [7, 11) is 1.08. The van der Waals surface area contributed by atoms with Crippen molar-refractivity contribution in [1.29, 1.82) is 0 Å². The van der Waals surface area contributed by atoms with Crippen molar-refractivity contribution in [3.63, 3.8) is 0 Å². The van der Waals surface area contributed by atoms with Gasteiger partial charge in [0.1, 0.15) is 0 Å². The molecule has 31 heavy (non-hydrogen) atoms. The molecule has 0 aliphatic heterocycles. The minimum atomic E-state index is 0. The first kappa shape index (κ1) is 29.8. The standard InChI is InChI=1S/C13H9.C12H13.C2H6Si.2ClH.Zr/c1-3-7-12-10(5-1)9-11-6-2-4-8-13(11)12;1-8-6-11-9(2)4-5-10(3)12(11)7-8;1-3-2;;;/h1-9H;4-7H,1-3H3;1-2H3;2*1H;/q2*-1;;;;+4/p-2. The molecule has 0 aliphatic carbocycles. The van der Waals surface area contributed by atoms with Crippen LogP contribution < -0.4 is 24.8 Å². The maximum Gasteiger partial charge on any atom is 4.00 e. The first-order valence-electron chi connectivity index (χ1n) is 9.80. The van der Waals surface area contributed by atoms with Gasteiger partial charge in [0.25, 0.3) is 0 Å². The minimum absolute atomic E-state index is 0. The summed E-state index contributed by atoms with van der Waals surface area (Å²) < 4.78 is 0. The molecule has 0 unspecified atom stereocenters. The fraction of sp³-hybridized carbons (Fsp3) is 0.185. The molecule has 0 fully saturated rings. The second-order valence-corrected chi connectivity index (χ2v) is 8.38. The SMILES string of the molecule is C[Si]C.Cc1cc2c(C)ccc(C)c2[cH-]1.[Cl-].[Cl-].[Zr+4].c1ccc2c(c1)[cH-]c1ccccc12. The van der Waals surface area contributed by atoms with Crippen molar-refractivity contribution >= 4 is 41.8 Å². The van der Waals surface area contributed by atoms with E-state index in [1.54, 1.807) is 0 Å². The summed E-state index contributed by atoms with van der Waals surface area (Å²) in [6.45, 7) is 10.8. The summed E-state index contributed by atoms with van der Waals surface area (Å²) in [6, 6.07) is 28.2. The van der Waals surface area contributed by atoms with Gasteiger partial charge in [0.05, 0.1) is 0 Å². The van der Waals surface area contributed by atoms with Crippen LogP contribution in [0.25, 0.3) is 32.3 Å². The van der Waals surface area contributed by atoms with Crippen LogP contribution in [0.15, 0.2) is 78.9 Å². The number of aryl methyl sites for hydroxylation is 3. The third-order valence-electron chi connectivity index (χ3n) is 4.99. The smallest absolute Gasteiger partial charge is 1.00 e. The molecule has 5 aromatic carbocycles. The van der Waals surface area contributed by atoms with Crippen molar-refractivity contribution in [2.75, 3.05) is 0 Å². The number of fused-ring (bicyclic) bond motifs is 4. The molecule has 0 heterocycles. The quantitative estimate of drug-likeness (QED) is 0.208. The summed E-state index contributed by atoms with van der Waals surface area (Å²) in [5.41, 5.74) is 4.12. The van der Waals surface area contributed by atoms with E-state index in [1.165, 1.54) is 49.0 Å². The first-order valence-corrected chi connectivity index (χ1v) is 11.8. The molecular weight excluding hydrogens is 515 g/mol. The molecule has 0 aliphatic rings. The molecule has 4 heteroatoms. The van der Waals surface area contributed by atoms with Gasteiger partial charge in [-0.1, -0.05) is 75.0 Å². The van der Waals surface area contributed by atoms with Gasteiger partial charge in [0, 0.05) is 9.52 Å². The van der Waals surface area contributed by atoms with E-state index in [9.17, 15) is 0 Å². The molecule has 0 N–H and O–H groups in total. The molecule has 0 nitrogen and oxygen atoms in total. The van der Waals surface area contributed by atoms with E-state index < -0.39 is 0 Å². The van der Waals surface area contributed by atoms with Crippen LogP contribution in [0.4, 0.5) is 0 Å². The molecule has 0 amide bonds. The van der Waals surface area contributed by atoms with Gasteiger partial charge >= 0.3 is 26.2 Å². The summed E-state index contributed by atoms with van der Waals surface area (Å²) in [5.74, 6) is 0. The van der Waals surface area contributed by atoms with Crippen LogP contribution >= 0.6 is 0 Å². The van der Waals surface area contributed by atoms with Gasteiger partial charge in [-0.2, -0.15) is 6.07 Å². The molecule has 2 radical (unpaired) electrons. The van der Waals surface area contributed by atoms with E-state index >= 15 is 0 Å². The summed E-state index contributed by atoms with van der Waals surface area (Å²) in [5, 5.41) is 8.21. The number of rotatable bonds is 0. The summed E-state index contributed by atoms with van der Waals surface area (Å²) in [6.07, 6.45) is 0.